The molecule has 0 spiro atoms. The molecule has 27 heavy (non-hydrogen) atoms. The number of hydrogen-bond acceptors (Lipinski definition) is 4. The van der Waals surface area contributed by atoms with Gasteiger partial charge in [-0.15, -0.1) is 21.5 Å². The first-order chi connectivity index (χ1) is 13.2. The first-order valence-electron chi connectivity index (χ1n) is 8.70. The van der Waals surface area contributed by atoms with Gasteiger partial charge in [0.05, 0.1) is 16.1 Å². The molecule has 0 aliphatic heterocycles. The summed E-state index contributed by atoms with van der Waals surface area (Å²) >= 11 is 1.74. The quantitative estimate of drug-likeness (QED) is 0.456. The van der Waals surface area contributed by atoms with Crippen molar-refractivity contribution in [1.82, 2.24) is 24.4 Å². The summed E-state index contributed by atoms with van der Waals surface area (Å²) in [6.07, 6.45) is 3.73. The maximum atomic E-state index is 4.67. The van der Waals surface area contributed by atoms with Crippen LogP contribution in [-0.4, -0.2) is 24.4 Å². The molecule has 0 aliphatic carbocycles. The number of benzene rings is 1. The van der Waals surface area contributed by atoms with Gasteiger partial charge in [-0.3, -0.25) is 0 Å². The van der Waals surface area contributed by atoms with Gasteiger partial charge in [0, 0.05) is 29.2 Å². The molecule has 0 saturated carbocycles. The Hall–Kier alpha value is -3.25. The van der Waals surface area contributed by atoms with Gasteiger partial charge >= 0.3 is 0 Å². The van der Waals surface area contributed by atoms with Crippen molar-refractivity contribution in [3.05, 3.63) is 72.8 Å². The fraction of sp³-hybridized carbons (Fsp3) is 0.0952. The summed E-state index contributed by atoms with van der Waals surface area (Å²) in [6, 6.07) is 18.8. The monoisotopic (exact) mass is 371 g/mol. The molecule has 5 aromatic rings. The van der Waals surface area contributed by atoms with Crippen molar-refractivity contribution in [3.8, 4) is 32.3 Å². The van der Waals surface area contributed by atoms with Crippen molar-refractivity contribution in [3.63, 3.8) is 0 Å². The van der Waals surface area contributed by atoms with E-state index in [-0.39, 0.29) is 0 Å². The lowest BCUT2D eigenvalue weighted by atomic mass is 10.0. The minimum absolute atomic E-state index is 0.874. The fourth-order valence-corrected chi connectivity index (χ4v) is 4.74. The van der Waals surface area contributed by atoms with E-state index in [1.165, 1.54) is 21.6 Å². The molecule has 0 N–H and O–H groups in total. The number of hydrogen-bond donors (Lipinski definition) is 0. The highest BCUT2D eigenvalue weighted by molar-refractivity contribution is 7.19. The number of aryl methyl sites for hydroxylation is 2. The van der Waals surface area contributed by atoms with E-state index in [0.29, 0.717) is 0 Å². The van der Waals surface area contributed by atoms with Gasteiger partial charge in [-0.2, -0.15) is 5.10 Å². The molecular weight excluding hydrogens is 354 g/mol. The van der Waals surface area contributed by atoms with E-state index in [2.05, 4.69) is 64.7 Å². The van der Waals surface area contributed by atoms with Crippen molar-refractivity contribution in [2.75, 3.05) is 0 Å². The fourth-order valence-electron chi connectivity index (χ4n) is 3.42. The summed E-state index contributed by atoms with van der Waals surface area (Å²) in [5.41, 5.74) is 5.65. The van der Waals surface area contributed by atoms with Crippen LogP contribution >= 0.6 is 11.3 Å². The Kier molecular flexibility index (Phi) is 3.65. The summed E-state index contributed by atoms with van der Waals surface area (Å²) in [4.78, 5) is 2.30. The first-order valence-corrected chi connectivity index (χ1v) is 9.52. The smallest absolute Gasteiger partial charge is 0.174 e. The molecule has 5 nitrogen and oxygen atoms in total. The molecule has 0 unspecified atom stereocenters. The highest BCUT2D eigenvalue weighted by atomic mass is 32.1. The molecule has 132 valence electrons. The molecule has 0 aliphatic rings. The van der Waals surface area contributed by atoms with Crippen LogP contribution in [-0.2, 0) is 7.05 Å². The maximum absolute atomic E-state index is 4.67. The second kappa shape index (κ2) is 6.17. The Morgan fingerprint density at radius 3 is 2.59 bits per heavy atom. The van der Waals surface area contributed by atoms with Crippen LogP contribution in [0.5, 0.6) is 0 Å². The van der Waals surface area contributed by atoms with Gasteiger partial charge in [-0.05, 0) is 30.7 Å². The summed E-state index contributed by atoms with van der Waals surface area (Å²) in [5, 5.41) is 13.1. The number of aromatic nitrogens is 5. The normalized spacial score (nSPS) is 11.3. The van der Waals surface area contributed by atoms with Crippen LogP contribution in [0, 0.1) is 6.92 Å². The maximum Gasteiger partial charge on any atom is 0.174 e. The van der Waals surface area contributed by atoms with Crippen LogP contribution in [0.1, 0.15) is 5.69 Å². The Bertz CT molecular complexity index is 1250. The van der Waals surface area contributed by atoms with Crippen LogP contribution in [0.15, 0.2) is 67.1 Å². The molecule has 0 radical (unpaired) electrons. The molecule has 0 amide bonds. The molecule has 0 atom stereocenters. The van der Waals surface area contributed by atoms with E-state index in [1.54, 1.807) is 17.7 Å². The third kappa shape index (κ3) is 2.57. The Morgan fingerprint density at radius 1 is 1.00 bits per heavy atom. The van der Waals surface area contributed by atoms with Gasteiger partial charge in [0.1, 0.15) is 6.33 Å². The summed E-state index contributed by atoms with van der Waals surface area (Å²) < 4.78 is 3.90. The van der Waals surface area contributed by atoms with Crippen molar-refractivity contribution >= 4 is 16.9 Å². The van der Waals surface area contributed by atoms with Crippen molar-refractivity contribution < 1.29 is 0 Å². The van der Waals surface area contributed by atoms with E-state index in [4.69, 9.17) is 0 Å². The van der Waals surface area contributed by atoms with E-state index in [0.717, 1.165) is 21.9 Å². The van der Waals surface area contributed by atoms with E-state index < -0.39 is 0 Å². The van der Waals surface area contributed by atoms with Crippen LogP contribution in [0.3, 0.4) is 0 Å². The van der Waals surface area contributed by atoms with Gasteiger partial charge in [-0.25, -0.2) is 4.52 Å². The molecular formula is C21H17N5S. The van der Waals surface area contributed by atoms with Gasteiger partial charge in [0.2, 0.25) is 0 Å². The Balaban J connectivity index is 1.79. The number of rotatable bonds is 3. The van der Waals surface area contributed by atoms with Gasteiger partial charge in [0.25, 0.3) is 0 Å². The average molecular weight is 371 g/mol. The molecule has 0 bridgehead atoms. The molecule has 0 fully saturated rings. The molecule has 6 heteroatoms. The van der Waals surface area contributed by atoms with Gasteiger partial charge in [-0.1, -0.05) is 36.4 Å². The number of fused-ring (bicyclic) bond motifs is 1. The van der Waals surface area contributed by atoms with Crippen molar-refractivity contribution in [2.24, 2.45) is 7.05 Å². The predicted molar refractivity (Wildman–Crippen MR) is 109 cm³/mol. The minimum Gasteiger partial charge on any atom is -0.316 e. The zero-order valence-corrected chi connectivity index (χ0v) is 15.8. The molecule has 1 aromatic carbocycles. The van der Waals surface area contributed by atoms with Crippen molar-refractivity contribution in [1.29, 1.82) is 0 Å². The van der Waals surface area contributed by atoms with Gasteiger partial charge in [0.15, 0.2) is 5.82 Å². The molecule has 5 rings (SSSR count). The third-order valence-corrected chi connectivity index (χ3v) is 5.84. The van der Waals surface area contributed by atoms with Crippen LogP contribution < -0.4 is 0 Å². The lowest BCUT2D eigenvalue weighted by Gasteiger charge is -2.02. The zero-order valence-electron chi connectivity index (χ0n) is 15.0. The summed E-state index contributed by atoms with van der Waals surface area (Å²) in [6.45, 7) is 2.06. The third-order valence-electron chi connectivity index (χ3n) is 4.69. The number of thiophene rings is 1. The number of nitrogens with zero attached hydrogens (tertiary/aromatic N) is 5. The van der Waals surface area contributed by atoms with E-state index in [1.807, 2.05) is 34.5 Å². The van der Waals surface area contributed by atoms with E-state index in [9.17, 15) is 0 Å². The highest BCUT2D eigenvalue weighted by Crippen LogP contribution is 2.44. The SMILES string of the molecule is Cc1nn2ccccc2c1-c1cc(-c2ccccc2)c(-c2nncn2C)s1. The molecule has 4 heterocycles. The second-order valence-electron chi connectivity index (χ2n) is 6.48. The first kappa shape index (κ1) is 16.0. The topological polar surface area (TPSA) is 48.0 Å². The Labute approximate surface area is 160 Å². The standard InChI is InChI=1S/C21H17N5S/c1-14-19(17-10-6-7-11-26(17)24-14)18-12-16(15-8-4-3-5-9-15)20(27-18)21-23-22-13-25(21)2/h3-13H,1-2H3. The lowest BCUT2D eigenvalue weighted by Crippen LogP contribution is -1.90. The largest absolute Gasteiger partial charge is 0.316 e. The average Bonchev–Trinajstić information content (AvgIpc) is 3.38. The number of pyridine rings is 1. The predicted octanol–water partition coefficient (Wildman–Crippen LogP) is 4.83. The molecule has 0 saturated heterocycles. The Morgan fingerprint density at radius 2 is 1.81 bits per heavy atom. The van der Waals surface area contributed by atoms with Crippen LogP contribution in [0.4, 0.5) is 0 Å². The molecule has 4 aromatic heterocycles. The highest BCUT2D eigenvalue weighted by Gasteiger charge is 2.20. The van der Waals surface area contributed by atoms with Crippen molar-refractivity contribution in [2.45, 2.75) is 6.92 Å². The van der Waals surface area contributed by atoms with Gasteiger partial charge < -0.3 is 4.57 Å². The summed E-state index contributed by atoms with van der Waals surface area (Å²) in [7, 11) is 1.98. The zero-order chi connectivity index (χ0) is 18.4. The van der Waals surface area contributed by atoms with Crippen LogP contribution in [0.2, 0.25) is 0 Å². The minimum atomic E-state index is 0.874. The second-order valence-corrected chi connectivity index (χ2v) is 7.53. The summed E-state index contributed by atoms with van der Waals surface area (Å²) in [5.74, 6) is 0.874. The lowest BCUT2D eigenvalue weighted by molar-refractivity contribution is 0.922. The van der Waals surface area contributed by atoms with Crippen LogP contribution in [0.25, 0.3) is 37.8 Å². The van der Waals surface area contributed by atoms with E-state index >= 15 is 0 Å².